The van der Waals surface area contributed by atoms with E-state index < -0.39 is 0 Å². The third-order valence-electron chi connectivity index (χ3n) is 5.25. The molecule has 0 aromatic carbocycles. The molecule has 0 saturated carbocycles. The number of amides is 1. The first-order valence-corrected chi connectivity index (χ1v) is 9.32. The summed E-state index contributed by atoms with van der Waals surface area (Å²) in [5, 5.41) is 3.23. The Labute approximate surface area is 181 Å². The van der Waals surface area contributed by atoms with Crippen LogP contribution < -0.4 is 5.32 Å². The van der Waals surface area contributed by atoms with Crippen molar-refractivity contribution in [2.24, 2.45) is 0 Å². The van der Waals surface area contributed by atoms with E-state index in [1.165, 1.54) is 0 Å². The Morgan fingerprint density at radius 2 is 1.74 bits per heavy atom. The van der Waals surface area contributed by atoms with Crippen LogP contribution in [0.4, 0.5) is 0 Å². The van der Waals surface area contributed by atoms with Crippen LogP contribution >= 0.6 is 37.2 Å². The van der Waals surface area contributed by atoms with Crippen molar-refractivity contribution < 1.29 is 14.3 Å². The molecule has 0 bridgehead atoms. The van der Waals surface area contributed by atoms with E-state index >= 15 is 0 Å². The summed E-state index contributed by atoms with van der Waals surface area (Å²) < 4.78 is 11.5. The highest BCUT2D eigenvalue weighted by molar-refractivity contribution is 5.86. The van der Waals surface area contributed by atoms with E-state index in [1.54, 1.807) is 0 Å². The number of piperazine rings is 1. The lowest BCUT2D eigenvalue weighted by molar-refractivity contribution is -0.147. The van der Waals surface area contributed by atoms with Crippen LogP contribution in [0.25, 0.3) is 0 Å². The monoisotopic (exact) mass is 448 g/mol. The molecule has 3 aliphatic heterocycles. The fraction of sp³-hybridized carbons (Fsp3) is 0.941. The summed E-state index contributed by atoms with van der Waals surface area (Å²) in [6.45, 7) is 13.9. The average Bonchev–Trinajstić information content (AvgIpc) is 2.63. The summed E-state index contributed by atoms with van der Waals surface area (Å²) in [7, 11) is 0. The highest BCUT2D eigenvalue weighted by Crippen LogP contribution is 2.12. The molecular formula is C17H35Cl3N4O3. The van der Waals surface area contributed by atoms with Gasteiger partial charge in [-0.25, -0.2) is 0 Å². The van der Waals surface area contributed by atoms with E-state index in [0.29, 0.717) is 19.2 Å². The fourth-order valence-electron chi connectivity index (χ4n) is 3.69. The van der Waals surface area contributed by atoms with Gasteiger partial charge in [0.25, 0.3) is 5.91 Å². The van der Waals surface area contributed by atoms with E-state index in [2.05, 4.69) is 29.0 Å². The molecule has 27 heavy (non-hydrogen) atoms. The number of hydrogen-bond donors (Lipinski definition) is 1. The van der Waals surface area contributed by atoms with Gasteiger partial charge in [0.15, 0.2) is 0 Å². The van der Waals surface area contributed by atoms with Gasteiger partial charge in [-0.1, -0.05) is 0 Å². The molecule has 0 aromatic heterocycles. The number of hydrogen-bond acceptors (Lipinski definition) is 6. The molecule has 162 valence electrons. The number of carbonyl (C=O) groups is 1. The van der Waals surface area contributed by atoms with Crippen LogP contribution in [0.2, 0.25) is 0 Å². The summed E-state index contributed by atoms with van der Waals surface area (Å²) in [5.41, 5.74) is 0. The van der Waals surface area contributed by atoms with Gasteiger partial charge in [-0.05, 0) is 13.8 Å². The summed E-state index contributed by atoms with van der Waals surface area (Å²) in [6.07, 6.45) is -0.0131. The molecule has 7 nitrogen and oxygen atoms in total. The zero-order valence-electron chi connectivity index (χ0n) is 16.3. The maximum atomic E-state index is 12.5. The Morgan fingerprint density at radius 1 is 1.04 bits per heavy atom. The van der Waals surface area contributed by atoms with Gasteiger partial charge in [0.05, 0.1) is 19.3 Å². The Balaban J connectivity index is 0.00000225. The molecule has 0 spiro atoms. The van der Waals surface area contributed by atoms with Gasteiger partial charge < -0.3 is 19.7 Å². The topological polar surface area (TPSA) is 57.3 Å². The second-order valence-electron chi connectivity index (χ2n) is 7.27. The van der Waals surface area contributed by atoms with Crippen LogP contribution in [0.15, 0.2) is 0 Å². The number of nitrogens with zero attached hydrogens (tertiary/aromatic N) is 3. The lowest BCUT2D eigenvalue weighted by atomic mass is 10.2. The summed E-state index contributed by atoms with van der Waals surface area (Å²) >= 11 is 0. The van der Waals surface area contributed by atoms with E-state index in [0.717, 1.165) is 59.0 Å². The first-order valence-electron chi connectivity index (χ1n) is 9.32. The quantitative estimate of drug-likeness (QED) is 0.674. The normalized spacial score (nSPS) is 27.3. The number of halogens is 3. The molecule has 0 aromatic rings. The third-order valence-corrected chi connectivity index (χ3v) is 5.25. The first-order chi connectivity index (χ1) is 11.6. The van der Waals surface area contributed by atoms with Gasteiger partial charge in [0, 0.05) is 64.9 Å². The van der Waals surface area contributed by atoms with Crippen molar-refractivity contribution in [1.82, 2.24) is 20.0 Å². The maximum absolute atomic E-state index is 12.5. The van der Waals surface area contributed by atoms with Crippen molar-refractivity contribution in [2.75, 3.05) is 72.1 Å². The van der Waals surface area contributed by atoms with E-state index in [-0.39, 0.29) is 55.3 Å². The van der Waals surface area contributed by atoms with Gasteiger partial charge in [0.1, 0.15) is 6.10 Å². The van der Waals surface area contributed by atoms with Crippen molar-refractivity contribution >= 4 is 43.1 Å². The molecule has 3 rings (SSSR count). The van der Waals surface area contributed by atoms with Crippen LogP contribution in [-0.4, -0.2) is 111 Å². The van der Waals surface area contributed by atoms with Gasteiger partial charge in [-0.2, -0.15) is 0 Å². The van der Waals surface area contributed by atoms with Crippen LogP contribution in [0.1, 0.15) is 13.8 Å². The van der Waals surface area contributed by atoms with E-state index in [1.807, 2.05) is 4.90 Å². The van der Waals surface area contributed by atoms with E-state index in [4.69, 9.17) is 9.47 Å². The molecular weight excluding hydrogens is 415 g/mol. The van der Waals surface area contributed by atoms with Crippen molar-refractivity contribution in [3.05, 3.63) is 0 Å². The Morgan fingerprint density at radius 3 is 2.33 bits per heavy atom. The minimum absolute atomic E-state index is 0. The lowest BCUT2D eigenvalue weighted by Crippen LogP contribution is -2.57. The first kappa shape index (κ1) is 27.1. The SMILES string of the molecule is CC(C)N1CCOC(CN2CCN(C(=O)C3CNCCO3)CC2)C1.Cl.Cl.Cl. The van der Waals surface area contributed by atoms with Crippen LogP contribution in [0.3, 0.4) is 0 Å². The van der Waals surface area contributed by atoms with Gasteiger partial charge >= 0.3 is 0 Å². The molecule has 3 saturated heterocycles. The Bertz CT molecular complexity index is 420. The van der Waals surface area contributed by atoms with Crippen molar-refractivity contribution in [3.63, 3.8) is 0 Å². The largest absolute Gasteiger partial charge is 0.374 e. The van der Waals surface area contributed by atoms with Gasteiger partial charge in [0.2, 0.25) is 0 Å². The summed E-state index contributed by atoms with van der Waals surface area (Å²) in [5.74, 6) is 0.141. The van der Waals surface area contributed by atoms with Gasteiger partial charge in [-0.15, -0.1) is 37.2 Å². The van der Waals surface area contributed by atoms with Gasteiger partial charge in [-0.3, -0.25) is 14.6 Å². The highest BCUT2D eigenvalue weighted by atomic mass is 35.5. The third kappa shape index (κ3) is 7.82. The summed E-state index contributed by atoms with van der Waals surface area (Å²) in [6, 6.07) is 0.579. The molecule has 3 fully saturated rings. The average molecular weight is 450 g/mol. The zero-order valence-corrected chi connectivity index (χ0v) is 18.8. The number of rotatable bonds is 4. The smallest absolute Gasteiger partial charge is 0.253 e. The van der Waals surface area contributed by atoms with Crippen molar-refractivity contribution in [2.45, 2.75) is 32.1 Å². The van der Waals surface area contributed by atoms with Crippen molar-refractivity contribution in [3.8, 4) is 0 Å². The van der Waals surface area contributed by atoms with Crippen LogP contribution in [-0.2, 0) is 14.3 Å². The predicted octanol–water partition coefficient (Wildman–Crippen LogP) is 0.494. The summed E-state index contributed by atoms with van der Waals surface area (Å²) in [4.78, 5) is 19.3. The number of ether oxygens (including phenoxy) is 2. The van der Waals surface area contributed by atoms with E-state index in [9.17, 15) is 4.79 Å². The van der Waals surface area contributed by atoms with Crippen molar-refractivity contribution in [1.29, 1.82) is 0 Å². The lowest BCUT2D eigenvalue weighted by Gasteiger charge is -2.41. The molecule has 0 aliphatic carbocycles. The second-order valence-corrected chi connectivity index (χ2v) is 7.27. The predicted molar refractivity (Wildman–Crippen MR) is 114 cm³/mol. The van der Waals surface area contributed by atoms with Crippen LogP contribution in [0.5, 0.6) is 0 Å². The Hall–Kier alpha value is 0.140. The second kappa shape index (κ2) is 13.4. The number of nitrogens with one attached hydrogen (secondary N) is 1. The minimum atomic E-state index is -0.299. The maximum Gasteiger partial charge on any atom is 0.253 e. The number of carbonyl (C=O) groups excluding carboxylic acids is 1. The molecule has 2 atom stereocenters. The van der Waals surface area contributed by atoms with Crippen LogP contribution in [0, 0.1) is 0 Å². The molecule has 3 aliphatic rings. The number of morpholine rings is 2. The molecule has 0 radical (unpaired) electrons. The fourth-order valence-corrected chi connectivity index (χ4v) is 3.69. The molecule has 10 heteroatoms. The Kier molecular flexibility index (Phi) is 13.4. The standard InChI is InChI=1S/C17H32N4O3.3ClH/c1-14(2)21-8-10-23-15(13-21)12-19-4-6-20(7-5-19)17(22)16-11-18-3-9-24-16;;;/h14-16,18H,3-13H2,1-2H3;3*1H. The minimum Gasteiger partial charge on any atom is -0.374 e. The molecule has 3 heterocycles. The zero-order chi connectivity index (χ0) is 16.9. The highest BCUT2D eigenvalue weighted by Gasteiger charge is 2.31. The molecule has 1 amide bonds. The molecule has 1 N–H and O–H groups in total. The molecule has 2 unspecified atom stereocenters.